The van der Waals surface area contributed by atoms with Crippen molar-refractivity contribution in [2.45, 2.75) is 19.3 Å². The quantitative estimate of drug-likeness (QED) is 0.867. The van der Waals surface area contributed by atoms with Crippen LogP contribution in [-0.2, 0) is 12.8 Å². The molecule has 0 radical (unpaired) electrons. The summed E-state index contributed by atoms with van der Waals surface area (Å²) in [6.45, 7) is 0. The van der Waals surface area contributed by atoms with Crippen LogP contribution in [-0.4, -0.2) is 10.2 Å². The lowest BCUT2D eigenvalue weighted by Crippen LogP contribution is -1.92. The number of halogens is 2. The van der Waals surface area contributed by atoms with Gasteiger partial charge in [-0.3, -0.25) is 0 Å². The van der Waals surface area contributed by atoms with Gasteiger partial charge in [-0.1, -0.05) is 35.3 Å². The second kappa shape index (κ2) is 6.18. The molecule has 19 heavy (non-hydrogen) atoms. The predicted molar refractivity (Wildman–Crippen MR) is 78.3 cm³/mol. The molecule has 2 N–H and O–H groups in total. The maximum absolute atomic E-state index is 9.28. The minimum absolute atomic E-state index is 0.176. The molecule has 0 unspecified atom stereocenters. The Labute approximate surface area is 122 Å². The molecule has 0 spiro atoms. The van der Waals surface area contributed by atoms with Gasteiger partial charge in [-0.2, -0.15) is 0 Å². The normalized spacial score (nSPS) is 10.6. The van der Waals surface area contributed by atoms with E-state index < -0.39 is 0 Å². The Bertz CT molecular complexity index is 531. The number of rotatable bonds is 4. The molecule has 100 valence electrons. The van der Waals surface area contributed by atoms with Crippen molar-refractivity contribution in [1.29, 1.82) is 0 Å². The van der Waals surface area contributed by atoms with E-state index >= 15 is 0 Å². The summed E-state index contributed by atoms with van der Waals surface area (Å²) in [5, 5.41) is 19.7. The predicted octanol–water partition coefficient (Wildman–Crippen LogP) is 4.58. The van der Waals surface area contributed by atoms with Crippen LogP contribution in [0.1, 0.15) is 17.5 Å². The molecule has 0 aromatic heterocycles. The minimum Gasteiger partial charge on any atom is -0.508 e. The highest BCUT2D eigenvalue weighted by Gasteiger charge is 2.04. The van der Waals surface area contributed by atoms with Crippen LogP contribution in [0.4, 0.5) is 0 Å². The van der Waals surface area contributed by atoms with Crippen LogP contribution in [0.3, 0.4) is 0 Å². The highest BCUT2D eigenvalue weighted by Crippen LogP contribution is 2.25. The third-order valence-electron chi connectivity index (χ3n) is 2.97. The maximum atomic E-state index is 9.28. The largest absolute Gasteiger partial charge is 0.508 e. The van der Waals surface area contributed by atoms with Crippen LogP contribution < -0.4 is 0 Å². The van der Waals surface area contributed by atoms with Crippen molar-refractivity contribution in [2.75, 3.05) is 0 Å². The SMILES string of the molecule is Oc1ccc(CCCc2ccc(O)cc2Cl)c(Cl)c1. The Balaban J connectivity index is 1.96. The first-order chi connectivity index (χ1) is 9.06. The van der Waals surface area contributed by atoms with E-state index in [0.717, 1.165) is 30.4 Å². The van der Waals surface area contributed by atoms with Crippen molar-refractivity contribution in [3.05, 3.63) is 57.6 Å². The van der Waals surface area contributed by atoms with Crippen molar-refractivity contribution in [1.82, 2.24) is 0 Å². The molecule has 0 atom stereocenters. The first-order valence-electron chi connectivity index (χ1n) is 6.01. The van der Waals surface area contributed by atoms with Crippen molar-refractivity contribution < 1.29 is 10.2 Å². The van der Waals surface area contributed by atoms with E-state index in [4.69, 9.17) is 23.2 Å². The lowest BCUT2D eigenvalue weighted by atomic mass is 10.0. The first kappa shape index (κ1) is 14.0. The van der Waals surface area contributed by atoms with Gasteiger partial charge in [0, 0.05) is 10.0 Å². The first-order valence-corrected chi connectivity index (χ1v) is 6.76. The number of hydrogen-bond acceptors (Lipinski definition) is 2. The van der Waals surface area contributed by atoms with E-state index in [2.05, 4.69) is 0 Å². The van der Waals surface area contributed by atoms with E-state index in [1.54, 1.807) is 24.3 Å². The van der Waals surface area contributed by atoms with Crippen molar-refractivity contribution in [3.8, 4) is 11.5 Å². The van der Waals surface area contributed by atoms with Gasteiger partial charge < -0.3 is 10.2 Å². The second-order valence-electron chi connectivity index (χ2n) is 4.40. The Kier molecular flexibility index (Phi) is 4.56. The third-order valence-corrected chi connectivity index (χ3v) is 3.67. The molecule has 0 amide bonds. The van der Waals surface area contributed by atoms with Crippen LogP contribution in [0.15, 0.2) is 36.4 Å². The molecule has 0 aliphatic heterocycles. The molecule has 2 rings (SSSR count). The molecule has 0 fully saturated rings. The van der Waals surface area contributed by atoms with E-state index in [1.165, 1.54) is 0 Å². The second-order valence-corrected chi connectivity index (χ2v) is 5.22. The Hall–Kier alpha value is -1.38. The van der Waals surface area contributed by atoms with Crippen molar-refractivity contribution in [2.24, 2.45) is 0 Å². The van der Waals surface area contributed by atoms with E-state index in [1.807, 2.05) is 12.1 Å². The fourth-order valence-electron chi connectivity index (χ4n) is 1.95. The van der Waals surface area contributed by atoms with Gasteiger partial charge >= 0.3 is 0 Å². The number of benzene rings is 2. The van der Waals surface area contributed by atoms with Gasteiger partial charge in [-0.15, -0.1) is 0 Å². The van der Waals surface area contributed by atoms with Gasteiger partial charge in [0.2, 0.25) is 0 Å². The Morgan fingerprint density at radius 3 is 1.53 bits per heavy atom. The molecule has 0 aliphatic carbocycles. The molecule has 2 nitrogen and oxygen atoms in total. The highest BCUT2D eigenvalue weighted by molar-refractivity contribution is 6.31. The molecule has 2 aromatic carbocycles. The lowest BCUT2D eigenvalue weighted by Gasteiger charge is -2.07. The smallest absolute Gasteiger partial charge is 0.117 e. The van der Waals surface area contributed by atoms with Crippen LogP contribution >= 0.6 is 23.2 Å². The van der Waals surface area contributed by atoms with E-state index in [0.29, 0.717) is 10.0 Å². The molecule has 0 bridgehead atoms. The van der Waals surface area contributed by atoms with Gasteiger partial charge in [-0.25, -0.2) is 0 Å². The third kappa shape index (κ3) is 3.79. The zero-order chi connectivity index (χ0) is 13.8. The molecule has 0 saturated carbocycles. The van der Waals surface area contributed by atoms with Crippen molar-refractivity contribution >= 4 is 23.2 Å². The number of aromatic hydroxyl groups is 2. The van der Waals surface area contributed by atoms with E-state index in [9.17, 15) is 10.2 Å². The Morgan fingerprint density at radius 1 is 0.737 bits per heavy atom. The Morgan fingerprint density at radius 2 is 1.16 bits per heavy atom. The number of hydrogen-bond donors (Lipinski definition) is 2. The number of aryl methyl sites for hydroxylation is 2. The summed E-state index contributed by atoms with van der Waals surface area (Å²) in [5.74, 6) is 0.352. The van der Waals surface area contributed by atoms with Crippen molar-refractivity contribution in [3.63, 3.8) is 0 Å². The average Bonchev–Trinajstić information content (AvgIpc) is 2.34. The fraction of sp³-hybridized carbons (Fsp3) is 0.200. The zero-order valence-corrected chi connectivity index (χ0v) is 11.7. The summed E-state index contributed by atoms with van der Waals surface area (Å²) in [5.41, 5.74) is 2.02. The van der Waals surface area contributed by atoms with Crippen LogP contribution in [0.25, 0.3) is 0 Å². The van der Waals surface area contributed by atoms with Crippen LogP contribution in [0.2, 0.25) is 10.0 Å². The van der Waals surface area contributed by atoms with Gasteiger partial charge in [-0.05, 0) is 54.7 Å². The summed E-state index contributed by atoms with van der Waals surface area (Å²) < 4.78 is 0. The maximum Gasteiger partial charge on any atom is 0.117 e. The molecule has 2 aromatic rings. The fourth-order valence-corrected chi connectivity index (χ4v) is 2.49. The highest BCUT2D eigenvalue weighted by atomic mass is 35.5. The topological polar surface area (TPSA) is 40.5 Å². The minimum atomic E-state index is 0.176. The summed E-state index contributed by atoms with van der Waals surface area (Å²) in [6, 6.07) is 10.0. The van der Waals surface area contributed by atoms with E-state index in [-0.39, 0.29) is 11.5 Å². The molecular formula is C15H14Cl2O2. The van der Waals surface area contributed by atoms with Crippen LogP contribution in [0, 0.1) is 0 Å². The average molecular weight is 297 g/mol. The molecule has 0 aliphatic rings. The summed E-state index contributed by atoms with van der Waals surface area (Å²) in [6.07, 6.45) is 2.53. The van der Waals surface area contributed by atoms with Gasteiger partial charge in [0.05, 0.1) is 0 Å². The monoisotopic (exact) mass is 296 g/mol. The van der Waals surface area contributed by atoms with Gasteiger partial charge in [0.1, 0.15) is 11.5 Å². The van der Waals surface area contributed by atoms with Gasteiger partial charge in [0.15, 0.2) is 0 Å². The van der Waals surface area contributed by atoms with Gasteiger partial charge in [0.25, 0.3) is 0 Å². The summed E-state index contributed by atoms with van der Waals surface area (Å²) in [7, 11) is 0. The summed E-state index contributed by atoms with van der Waals surface area (Å²) in [4.78, 5) is 0. The molecular weight excluding hydrogens is 283 g/mol. The zero-order valence-electron chi connectivity index (χ0n) is 10.2. The van der Waals surface area contributed by atoms with Crippen LogP contribution in [0.5, 0.6) is 11.5 Å². The standard InChI is InChI=1S/C15H14Cl2O2/c16-14-8-12(18)6-4-10(14)2-1-3-11-5-7-13(19)9-15(11)17/h4-9,18-19H,1-3H2. The summed E-state index contributed by atoms with van der Waals surface area (Å²) >= 11 is 12.1. The molecule has 0 heterocycles. The number of phenolic OH excluding ortho intramolecular Hbond substituents is 2. The molecule has 0 saturated heterocycles. The lowest BCUT2D eigenvalue weighted by molar-refractivity contribution is 0.474. The number of phenols is 2. The molecule has 4 heteroatoms.